The van der Waals surface area contributed by atoms with E-state index in [1.165, 1.54) is 0 Å². The Kier molecular flexibility index (Phi) is 4.00. The van der Waals surface area contributed by atoms with Gasteiger partial charge in [0.05, 0.1) is 7.11 Å². The maximum atomic E-state index is 6.04. The van der Waals surface area contributed by atoms with E-state index in [4.69, 9.17) is 26.6 Å². The summed E-state index contributed by atoms with van der Waals surface area (Å²) in [5.41, 5.74) is 8.25. The highest BCUT2D eigenvalue weighted by molar-refractivity contribution is 6.31. The maximum absolute atomic E-state index is 6.04. The molecule has 0 spiro atoms. The van der Waals surface area contributed by atoms with Gasteiger partial charge in [-0.2, -0.15) is 0 Å². The molecular formula is C14H17ClN2O2. The summed E-state index contributed by atoms with van der Waals surface area (Å²) >= 11 is 6.04. The van der Waals surface area contributed by atoms with E-state index in [0.717, 1.165) is 17.5 Å². The zero-order chi connectivity index (χ0) is 14.0. The van der Waals surface area contributed by atoms with E-state index in [1.807, 2.05) is 12.1 Å². The quantitative estimate of drug-likeness (QED) is 0.926. The van der Waals surface area contributed by atoms with Gasteiger partial charge in [0.25, 0.3) is 0 Å². The summed E-state index contributed by atoms with van der Waals surface area (Å²) in [5, 5.41) is 4.67. The minimum atomic E-state index is 0.353. The second kappa shape index (κ2) is 5.53. The zero-order valence-electron chi connectivity index (χ0n) is 11.2. The Morgan fingerprint density at radius 2 is 2.16 bits per heavy atom. The van der Waals surface area contributed by atoms with Crippen LogP contribution in [0.4, 0.5) is 5.88 Å². The normalized spacial score (nSPS) is 11.0. The van der Waals surface area contributed by atoms with Crippen LogP contribution < -0.4 is 10.5 Å². The molecule has 0 amide bonds. The van der Waals surface area contributed by atoms with Gasteiger partial charge >= 0.3 is 0 Å². The smallest absolute Gasteiger partial charge is 0.225 e. The van der Waals surface area contributed by atoms with Crippen molar-refractivity contribution in [2.45, 2.75) is 20.3 Å². The highest BCUT2D eigenvalue weighted by Gasteiger charge is 2.19. The van der Waals surface area contributed by atoms with Crippen LogP contribution in [0.1, 0.15) is 19.4 Å². The van der Waals surface area contributed by atoms with Gasteiger partial charge in [-0.1, -0.05) is 30.6 Å². The number of aromatic nitrogens is 1. The summed E-state index contributed by atoms with van der Waals surface area (Å²) in [6.45, 7) is 4.23. The molecule has 102 valence electrons. The third kappa shape index (κ3) is 2.84. The van der Waals surface area contributed by atoms with E-state index in [2.05, 4.69) is 19.0 Å². The van der Waals surface area contributed by atoms with Gasteiger partial charge in [-0.05, 0) is 30.5 Å². The van der Waals surface area contributed by atoms with Crippen molar-refractivity contribution in [3.05, 3.63) is 28.8 Å². The van der Waals surface area contributed by atoms with E-state index in [9.17, 15) is 0 Å². The molecule has 1 heterocycles. The van der Waals surface area contributed by atoms with Gasteiger partial charge in [0, 0.05) is 16.1 Å². The topological polar surface area (TPSA) is 61.3 Å². The first kappa shape index (κ1) is 13.7. The number of hydrogen-bond donors (Lipinski definition) is 1. The van der Waals surface area contributed by atoms with Crippen molar-refractivity contribution in [1.82, 2.24) is 5.16 Å². The van der Waals surface area contributed by atoms with E-state index in [1.54, 1.807) is 13.2 Å². The van der Waals surface area contributed by atoms with Crippen LogP contribution in [-0.4, -0.2) is 12.3 Å². The third-order valence-corrected chi connectivity index (χ3v) is 3.08. The molecule has 1 aromatic heterocycles. The summed E-state index contributed by atoms with van der Waals surface area (Å²) in [5.74, 6) is 1.50. The molecule has 5 heteroatoms. The molecule has 0 unspecified atom stereocenters. The van der Waals surface area contributed by atoms with E-state index in [-0.39, 0.29) is 0 Å². The fraction of sp³-hybridized carbons (Fsp3) is 0.357. The lowest BCUT2D eigenvalue weighted by Gasteiger charge is -2.09. The first-order valence-corrected chi connectivity index (χ1v) is 6.48. The van der Waals surface area contributed by atoms with Crippen molar-refractivity contribution in [3.8, 4) is 17.0 Å². The molecule has 0 saturated heterocycles. The second-order valence-corrected chi connectivity index (χ2v) is 5.25. The Labute approximate surface area is 117 Å². The first-order valence-electron chi connectivity index (χ1n) is 6.10. The molecule has 1 aromatic carbocycles. The summed E-state index contributed by atoms with van der Waals surface area (Å²) in [6.07, 6.45) is 0.792. The fourth-order valence-corrected chi connectivity index (χ4v) is 2.18. The van der Waals surface area contributed by atoms with Gasteiger partial charge in [-0.15, -0.1) is 0 Å². The molecule has 0 radical (unpaired) electrons. The van der Waals surface area contributed by atoms with Crippen LogP contribution in [-0.2, 0) is 6.42 Å². The molecule has 0 aliphatic carbocycles. The Morgan fingerprint density at radius 3 is 2.79 bits per heavy atom. The Hall–Kier alpha value is -1.68. The average molecular weight is 281 g/mol. The standard InChI is InChI=1S/C14H17ClN2O2/c1-8(2)6-11-13(17-19-14(11)16)10-7-9(15)4-5-12(10)18-3/h4-5,7-8H,6,16H2,1-3H3. The number of anilines is 1. The van der Waals surface area contributed by atoms with Crippen molar-refractivity contribution in [2.75, 3.05) is 12.8 Å². The molecule has 4 nitrogen and oxygen atoms in total. The van der Waals surface area contributed by atoms with Crippen LogP contribution in [0.15, 0.2) is 22.7 Å². The van der Waals surface area contributed by atoms with Crippen LogP contribution in [0.25, 0.3) is 11.3 Å². The molecule has 2 aromatic rings. The predicted octanol–water partition coefficient (Wildman–Crippen LogP) is 3.78. The second-order valence-electron chi connectivity index (χ2n) is 4.82. The number of hydrogen-bond acceptors (Lipinski definition) is 4. The molecule has 0 aliphatic heterocycles. The number of nitrogens with zero attached hydrogens (tertiary/aromatic N) is 1. The van der Waals surface area contributed by atoms with Gasteiger partial charge in [-0.25, -0.2) is 0 Å². The minimum Gasteiger partial charge on any atom is -0.496 e. The van der Waals surface area contributed by atoms with Crippen LogP contribution in [0.3, 0.4) is 0 Å². The Morgan fingerprint density at radius 1 is 1.42 bits per heavy atom. The Balaban J connectivity index is 2.55. The fourth-order valence-electron chi connectivity index (χ4n) is 2.00. The van der Waals surface area contributed by atoms with Crippen LogP contribution in [0.5, 0.6) is 5.75 Å². The number of rotatable bonds is 4. The summed E-state index contributed by atoms with van der Waals surface area (Å²) < 4.78 is 10.5. The van der Waals surface area contributed by atoms with Crippen molar-refractivity contribution in [3.63, 3.8) is 0 Å². The van der Waals surface area contributed by atoms with Crippen molar-refractivity contribution < 1.29 is 9.26 Å². The van der Waals surface area contributed by atoms with Crippen LogP contribution in [0, 0.1) is 5.92 Å². The maximum Gasteiger partial charge on any atom is 0.225 e. The highest BCUT2D eigenvalue weighted by Crippen LogP contribution is 2.36. The number of benzene rings is 1. The average Bonchev–Trinajstić information content (AvgIpc) is 2.70. The van der Waals surface area contributed by atoms with Gasteiger partial charge in [0.1, 0.15) is 11.4 Å². The van der Waals surface area contributed by atoms with Crippen LogP contribution in [0.2, 0.25) is 5.02 Å². The molecule has 0 aliphatic rings. The number of nitrogen functional groups attached to an aromatic ring is 1. The number of nitrogens with two attached hydrogens (primary N) is 1. The SMILES string of the molecule is COc1ccc(Cl)cc1-c1noc(N)c1CC(C)C. The summed E-state index contributed by atoms with van der Waals surface area (Å²) in [6, 6.07) is 5.39. The molecule has 0 saturated carbocycles. The Bertz CT molecular complexity index is 579. The molecule has 0 bridgehead atoms. The molecule has 19 heavy (non-hydrogen) atoms. The summed E-state index contributed by atoms with van der Waals surface area (Å²) in [4.78, 5) is 0. The largest absolute Gasteiger partial charge is 0.496 e. The number of ether oxygens (including phenoxy) is 1. The lowest BCUT2D eigenvalue weighted by atomic mass is 9.99. The van der Waals surface area contributed by atoms with E-state index >= 15 is 0 Å². The van der Waals surface area contributed by atoms with Crippen molar-refractivity contribution in [2.24, 2.45) is 5.92 Å². The first-order chi connectivity index (χ1) is 9.02. The monoisotopic (exact) mass is 280 g/mol. The van der Waals surface area contributed by atoms with Gasteiger partial charge in [0.15, 0.2) is 0 Å². The minimum absolute atomic E-state index is 0.353. The molecule has 0 fully saturated rings. The zero-order valence-corrected chi connectivity index (χ0v) is 12.0. The molecule has 2 rings (SSSR count). The van der Waals surface area contributed by atoms with Gasteiger partial charge < -0.3 is 15.0 Å². The number of halogens is 1. The van der Waals surface area contributed by atoms with Gasteiger partial charge in [-0.3, -0.25) is 0 Å². The predicted molar refractivity (Wildman–Crippen MR) is 76.5 cm³/mol. The molecule has 0 atom stereocenters. The van der Waals surface area contributed by atoms with E-state index in [0.29, 0.717) is 28.3 Å². The molecule has 2 N–H and O–H groups in total. The lowest BCUT2D eigenvalue weighted by molar-refractivity contribution is 0.414. The lowest BCUT2D eigenvalue weighted by Crippen LogP contribution is -1.99. The van der Waals surface area contributed by atoms with Crippen LogP contribution >= 0.6 is 11.6 Å². The number of methoxy groups -OCH3 is 1. The van der Waals surface area contributed by atoms with Crippen molar-refractivity contribution in [1.29, 1.82) is 0 Å². The van der Waals surface area contributed by atoms with Crippen molar-refractivity contribution >= 4 is 17.5 Å². The molecular weight excluding hydrogens is 264 g/mol. The summed E-state index contributed by atoms with van der Waals surface area (Å²) in [7, 11) is 1.61. The van der Waals surface area contributed by atoms with Gasteiger partial charge in [0.2, 0.25) is 5.88 Å². The third-order valence-electron chi connectivity index (χ3n) is 2.85. The highest BCUT2D eigenvalue weighted by atomic mass is 35.5. The van der Waals surface area contributed by atoms with E-state index < -0.39 is 0 Å².